The molecule has 0 saturated heterocycles. The molecule has 4 atom stereocenters. The third-order valence-electron chi connectivity index (χ3n) is 10.7. The second kappa shape index (κ2) is 20.8. The average molecular weight is 868 g/mol. The van der Waals surface area contributed by atoms with Crippen molar-refractivity contribution in [2.45, 2.75) is 82.3 Å². The molecule has 7 N–H and O–H groups in total. The quantitative estimate of drug-likeness (QED) is 0.0417. The monoisotopic (exact) mass is 867 g/mol. The number of rotatable bonds is 22. The number of carbonyl (C=O) groups is 4. The van der Waals surface area contributed by atoms with E-state index < -0.39 is 70.7 Å². The number of para-hydroxylation sites is 1. The molecule has 1 fully saturated rings. The number of carbonyl (C=O) groups excluding carboxylic acids is 3. The molecule has 5 rings (SSSR count). The molecule has 1 aliphatic rings. The van der Waals surface area contributed by atoms with E-state index in [1.807, 2.05) is 54.6 Å². The van der Waals surface area contributed by atoms with Gasteiger partial charge in [-0.1, -0.05) is 73.5 Å². The number of aromatic amines is 1. The number of H-pyrrole nitrogens is 1. The van der Waals surface area contributed by atoms with E-state index in [1.165, 1.54) is 7.11 Å². The van der Waals surface area contributed by atoms with E-state index in [0.717, 1.165) is 22.7 Å². The maximum atomic E-state index is 14.7. The van der Waals surface area contributed by atoms with E-state index in [0.29, 0.717) is 36.1 Å². The minimum absolute atomic E-state index is 0.00994. The number of carboxylic acids is 1. The molecular weight excluding hydrogens is 814 g/mol. The number of fused-ring (bicyclic) bond motifs is 1. The summed E-state index contributed by atoms with van der Waals surface area (Å²) in [5.41, 5.74) is 1.45. The van der Waals surface area contributed by atoms with E-state index in [9.17, 15) is 42.2 Å². The van der Waals surface area contributed by atoms with Crippen LogP contribution in [0.5, 0.6) is 5.75 Å². The Kier molecular flexibility index (Phi) is 15.9. The average Bonchev–Trinajstić information content (AvgIpc) is 3.86. The summed E-state index contributed by atoms with van der Waals surface area (Å²) >= 11 is 0. The topological polar surface area (TPSA) is 242 Å². The van der Waals surface area contributed by atoms with Crippen LogP contribution in [0.2, 0.25) is 0 Å². The number of benzene rings is 3. The lowest BCUT2D eigenvalue weighted by atomic mass is 9.87. The van der Waals surface area contributed by atoms with Crippen LogP contribution in [0.3, 0.4) is 0 Å². The first-order valence-corrected chi connectivity index (χ1v) is 23.6. The van der Waals surface area contributed by atoms with Gasteiger partial charge in [0, 0.05) is 42.6 Å². The number of alkyl carbamates (subject to hydrolysis) is 1. The van der Waals surface area contributed by atoms with Gasteiger partial charge < -0.3 is 40.4 Å². The van der Waals surface area contributed by atoms with Crippen molar-refractivity contribution in [3.8, 4) is 5.75 Å². The Hall–Kier alpha value is -5.22. The number of carboxylic acid groups (broad SMARTS) is 1. The van der Waals surface area contributed by atoms with Crippen molar-refractivity contribution in [1.82, 2.24) is 25.7 Å². The summed E-state index contributed by atoms with van der Waals surface area (Å²) in [6.45, 7) is 0.265. The van der Waals surface area contributed by atoms with Crippen LogP contribution in [0, 0.1) is 5.41 Å². The van der Waals surface area contributed by atoms with E-state index >= 15 is 0 Å². The highest BCUT2D eigenvalue weighted by atomic mass is 32.2. The van der Waals surface area contributed by atoms with Gasteiger partial charge in [-0.3, -0.25) is 14.2 Å². The number of sulfonamides is 1. The minimum atomic E-state index is -4.55. The first-order chi connectivity index (χ1) is 28.6. The van der Waals surface area contributed by atoms with Crippen molar-refractivity contribution in [1.29, 1.82) is 0 Å². The zero-order valence-corrected chi connectivity index (χ0v) is 35.4. The molecule has 1 heterocycles. The van der Waals surface area contributed by atoms with Crippen LogP contribution in [0.1, 0.15) is 61.6 Å². The number of unbranched alkanes of at least 4 members (excludes halogenated alkanes) is 1. The second-order valence-corrected chi connectivity index (χ2v) is 19.6. The van der Waals surface area contributed by atoms with Gasteiger partial charge in [-0.2, -0.15) is 0 Å². The summed E-state index contributed by atoms with van der Waals surface area (Å²) in [5, 5.41) is 19.0. The number of amides is 3. The van der Waals surface area contributed by atoms with Crippen LogP contribution in [0.4, 0.5) is 4.79 Å². The normalized spacial score (nSPS) is 16.2. The molecule has 0 aliphatic heterocycles. The summed E-state index contributed by atoms with van der Waals surface area (Å²) in [6.07, 6.45) is 3.41. The van der Waals surface area contributed by atoms with Gasteiger partial charge in [0.05, 0.1) is 18.8 Å². The molecular formula is C42H54N5O11PS. The van der Waals surface area contributed by atoms with Crippen molar-refractivity contribution in [2.24, 2.45) is 5.41 Å². The molecule has 2 unspecified atom stereocenters. The molecule has 3 amide bonds. The lowest BCUT2D eigenvalue weighted by molar-refractivity contribution is -0.143. The third kappa shape index (κ3) is 13.1. The van der Waals surface area contributed by atoms with E-state index in [-0.39, 0.29) is 51.7 Å². The summed E-state index contributed by atoms with van der Waals surface area (Å²) in [6, 6.07) is 20.5. The Labute approximate surface area is 349 Å². The van der Waals surface area contributed by atoms with Gasteiger partial charge in [0.2, 0.25) is 29.2 Å². The van der Waals surface area contributed by atoms with Gasteiger partial charge in [0.25, 0.3) is 0 Å². The standard InChI is InChI=1S/C42H54N5O11PS/c1-57-32-19-17-29(18-20-32)24-37(46-38(48)35(47-60(2,55)56)16-8-11-23-43-41(52)58-27-30-12-4-3-5-13-30)59(53,54)28-42(21-9-10-22-42)40(51)45-36(39(49)50)25-31-26-44-34-15-7-6-14-33(31)34/h3-7,12-15,17-20,26,35-37,44,47H,8-11,16,21-25,27-28H2,1-2H3,(H,43,52)(H,45,51)(H,46,48)(H,49,50)(H,53,54)/t35-,36-,37?/m0/s1. The van der Waals surface area contributed by atoms with Crippen LogP contribution in [-0.2, 0) is 53.2 Å². The van der Waals surface area contributed by atoms with Gasteiger partial charge in [0.1, 0.15) is 30.2 Å². The summed E-state index contributed by atoms with van der Waals surface area (Å²) in [4.78, 5) is 67.9. The zero-order chi connectivity index (χ0) is 43.3. The van der Waals surface area contributed by atoms with Gasteiger partial charge in [-0.05, 0) is 67.0 Å². The third-order valence-corrected chi connectivity index (χ3v) is 13.8. The Morgan fingerprint density at radius 2 is 1.57 bits per heavy atom. The smallest absolute Gasteiger partial charge is 0.407 e. The molecule has 0 spiro atoms. The second-order valence-electron chi connectivity index (χ2n) is 15.3. The van der Waals surface area contributed by atoms with Gasteiger partial charge in [-0.15, -0.1) is 0 Å². The van der Waals surface area contributed by atoms with E-state index in [4.69, 9.17) is 9.47 Å². The largest absolute Gasteiger partial charge is 0.497 e. The van der Waals surface area contributed by atoms with E-state index in [1.54, 1.807) is 30.5 Å². The predicted octanol–water partition coefficient (Wildman–Crippen LogP) is 4.82. The highest BCUT2D eigenvalue weighted by molar-refractivity contribution is 7.88. The molecule has 4 aromatic rings. The molecule has 1 aromatic heterocycles. The Morgan fingerprint density at radius 1 is 0.883 bits per heavy atom. The molecule has 1 saturated carbocycles. The molecule has 0 radical (unpaired) electrons. The fourth-order valence-corrected chi connectivity index (χ4v) is 10.7. The summed E-state index contributed by atoms with van der Waals surface area (Å²) in [5.74, 6) is -3.70. The van der Waals surface area contributed by atoms with Crippen LogP contribution < -0.4 is 25.4 Å². The van der Waals surface area contributed by atoms with Gasteiger partial charge in [0.15, 0.2) is 0 Å². The maximum Gasteiger partial charge on any atom is 0.407 e. The highest BCUT2D eigenvalue weighted by Crippen LogP contribution is 2.55. The van der Waals surface area contributed by atoms with Crippen LogP contribution in [0.25, 0.3) is 10.9 Å². The van der Waals surface area contributed by atoms with Crippen molar-refractivity contribution in [3.05, 3.63) is 102 Å². The summed E-state index contributed by atoms with van der Waals surface area (Å²) < 4.78 is 52.4. The van der Waals surface area contributed by atoms with Crippen molar-refractivity contribution in [2.75, 3.05) is 26.1 Å². The van der Waals surface area contributed by atoms with E-state index in [2.05, 4.69) is 25.7 Å². The highest BCUT2D eigenvalue weighted by Gasteiger charge is 2.49. The predicted molar refractivity (Wildman–Crippen MR) is 226 cm³/mol. The van der Waals surface area contributed by atoms with Crippen molar-refractivity contribution in [3.63, 3.8) is 0 Å². The molecule has 324 valence electrons. The number of hydrogen-bond donors (Lipinski definition) is 7. The van der Waals surface area contributed by atoms with Crippen LogP contribution in [-0.4, -0.2) is 91.2 Å². The van der Waals surface area contributed by atoms with Crippen molar-refractivity contribution < 1.29 is 51.6 Å². The first-order valence-electron chi connectivity index (χ1n) is 19.8. The lowest BCUT2D eigenvalue weighted by Crippen LogP contribution is -2.52. The number of aromatic nitrogens is 1. The number of ether oxygens (including phenoxy) is 2. The van der Waals surface area contributed by atoms with Gasteiger partial charge >= 0.3 is 12.1 Å². The van der Waals surface area contributed by atoms with Crippen LogP contribution >= 0.6 is 7.37 Å². The molecule has 16 nitrogen and oxygen atoms in total. The van der Waals surface area contributed by atoms with Crippen LogP contribution in [0.15, 0.2) is 85.1 Å². The fraction of sp³-hybridized carbons (Fsp3) is 0.429. The molecule has 1 aliphatic carbocycles. The molecule has 18 heteroatoms. The maximum absolute atomic E-state index is 14.7. The number of aliphatic carboxylic acids is 1. The fourth-order valence-electron chi connectivity index (χ4n) is 7.57. The number of methoxy groups -OCH3 is 1. The van der Waals surface area contributed by atoms with Gasteiger partial charge in [-0.25, -0.2) is 22.7 Å². The summed E-state index contributed by atoms with van der Waals surface area (Å²) in [7, 11) is -6.99. The zero-order valence-electron chi connectivity index (χ0n) is 33.7. The SMILES string of the molecule is COc1ccc(CC(NC(=O)[C@H](CCCCNC(=O)OCc2ccccc2)NS(C)(=O)=O)P(=O)(O)CC2(C(=O)N[C@@H](Cc3c[nH]c4ccccc34)C(=O)O)CCCC2)cc1. The minimum Gasteiger partial charge on any atom is -0.497 e. The number of hydrogen-bond acceptors (Lipinski definition) is 9. The van der Waals surface area contributed by atoms with Crippen molar-refractivity contribution >= 4 is 52.2 Å². The number of nitrogens with one attached hydrogen (secondary N) is 5. The molecule has 0 bridgehead atoms. The molecule has 3 aromatic carbocycles. The lowest BCUT2D eigenvalue weighted by Gasteiger charge is -2.34. The Balaban J connectivity index is 1.30. The first kappa shape index (κ1) is 45.9. The Morgan fingerprint density at radius 3 is 2.23 bits per heavy atom. The molecule has 60 heavy (non-hydrogen) atoms. The Bertz CT molecular complexity index is 2250.